The first-order valence-electron chi connectivity index (χ1n) is 8.64. The van der Waals surface area contributed by atoms with Crippen LogP contribution in [0.3, 0.4) is 0 Å². The number of nitrogens with zero attached hydrogens (tertiary/aromatic N) is 3. The van der Waals surface area contributed by atoms with E-state index in [2.05, 4.69) is 29.7 Å². The zero-order valence-electron chi connectivity index (χ0n) is 16.0. The predicted molar refractivity (Wildman–Crippen MR) is 100 cm³/mol. The third kappa shape index (κ3) is 5.22. The SMILES string of the molecule is CCc1cc(-c2cc(C(=O)OC)nn2COCC[Si](C)(C)C)c(F)cn1. The van der Waals surface area contributed by atoms with Gasteiger partial charge in [-0.1, -0.05) is 26.6 Å². The first-order valence-corrected chi connectivity index (χ1v) is 12.3. The number of methoxy groups -OCH3 is 1. The highest BCUT2D eigenvalue weighted by Gasteiger charge is 2.19. The Balaban J connectivity index is 2.31. The van der Waals surface area contributed by atoms with Crippen molar-refractivity contribution in [2.75, 3.05) is 13.7 Å². The zero-order valence-corrected chi connectivity index (χ0v) is 17.0. The van der Waals surface area contributed by atoms with E-state index in [4.69, 9.17) is 9.47 Å². The molecule has 0 atom stereocenters. The van der Waals surface area contributed by atoms with Crippen LogP contribution >= 0.6 is 0 Å². The maximum absolute atomic E-state index is 14.4. The Morgan fingerprint density at radius 2 is 2.04 bits per heavy atom. The molecule has 0 unspecified atom stereocenters. The Hall–Kier alpha value is -2.06. The summed E-state index contributed by atoms with van der Waals surface area (Å²) in [5.74, 6) is -1.04. The van der Waals surface area contributed by atoms with Gasteiger partial charge in [-0.3, -0.25) is 4.98 Å². The molecule has 0 aliphatic rings. The summed E-state index contributed by atoms with van der Waals surface area (Å²) >= 11 is 0. The summed E-state index contributed by atoms with van der Waals surface area (Å²) in [5, 5.41) is 4.23. The van der Waals surface area contributed by atoms with Crippen molar-refractivity contribution in [3.63, 3.8) is 0 Å². The van der Waals surface area contributed by atoms with Crippen LogP contribution in [0.25, 0.3) is 11.3 Å². The second-order valence-corrected chi connectivity index (χ2v) is 12.9. The average Bonchev–Trinajstić information content (AvgIpc) is 3.01. The van der Waals surface area contributed by atoms with Gasteiger partial charge in [0.2, 0.25) is 0 Å². The van der Waals surface area contributed by atoms with Crippen molar-refractivity contribution in [3.05, 3.63) is 35.5 Å². The number of carbonyl (C=O) groups is 1. The van der Waals surface area contributed by atoms with Gasteiger partial charge in [-0.2, -0.15) is 5.10 Å². The molecule has 0 fully saturated rings. The highest BCUT2D eigenvalue weighted by atomic mass is 28.3. The zero-order chi connectivity index (χ0) is 19.3. The van der Waals surface area contributed by atoms with Crippen molar-refractivity contribution in [1.29, 1.82) is 0 Å². The van der Waals surface area contributed by atoms with Gasteiger partial charge in [0.15, 0.2) is 11.5 Å². The van der Waals surface area contributed by atoms with E-state index in [1.165, 1.54) is 24.1 Å². The van der Waals surface area contributed by atoms with Gasteiger partial charge in [-0.25, -0.2) is 13.9 Å². The molecule has 0 aliphatic carbocycles. The van der Waals surface area contributed by atoms with E-state index in [9.17, 15) is 9.18 Å². The van der Waals surface area contributed by atoms with E-state index in [1.807, 2.05) is 6.92 Å². The molecule has 0 saturated carbocycles. The van der Waals surface area contributed by atoms with Crippen LogP contribution in [-0.2, 0) is 22.6 Å². The Bertz CT molecular complexity index is 772. The molecule has 0 saturated heterocycles. The van der Waals surface area contributed by atoms with Crippen molar-refractivity contribution in [2.45, 2.75) is 45.8 Å². The molecular formula is C18H26FN3O3Si. The average molecular weight is 380 g/mol. The molecule has 2 heterocycles. The van der Waals surface area contributed by atoms with Gasteiger partial charge in [0, 0.05) is 25.9 Å². The van der Waals surface area contributed by atoms with Gasteiger partial charge in [0.05, 0.1) is 19.0 Å². The number of halogens is 1. The molecule has 0 spiro atoms. The van der Waals surface area contributed by atoms with Crippen LogP contribution in [0.1, 0.15) is 23.1 Å². The van der Waals surface area contributed by atoms with Gasteiger partial charge in [0.25, 0.3) is 0 Å². The summed E-state index contributed by atoms with van der Waals surface area (Å²) in [4.78, 5) is 15.9. The molecule has 26 heavy (non-hydrogen) atoms. The molecular weight excluding hydrogens is 353 g/mol. The predicted octanol–water partition coefficient (Wildman–Crippen LogP) is 3.75. The van der Waals surface area contributed by atoms with Gasteiger partial charge < -0.3 is 9.47 Å². The first kappa shape index (κ1) is 20.3. The molecule has 2 aromatic rings. The lowest BCUT2D eigenvalue weighted by atomic mass is 10.1. The number of aromatic nitrogens is 3. The van der Waals surface area contributed by atoms with Crippen molar-refractivity contribution in [1.82, 2.24) is 14.8 Å². The highest BCUT2D eigenvalue weighted by Crippen LogP contribution is 2.25. The standard InChI is InChI=1S/C18H26FN3O3Si/c1-6-13-9-14(15(19)11-20-13)17-10-16(18(23)24-2)21-22(17)12-25-7-8-26(3,4)5/h9-11H,6-8,12H2,1-5H3. The van der Waals surface area contributed by atoms with Crippen molar-refractivity contribution in [3.8, 4) is 11.3 Å². The molecule has 6 nitrogen and oxygen atoms in total. The van der Waals surface area contributed by atoms with E-state index in [0.717, 1.165) is 11.7 Å². The fourth-order valence-corrected chi connectivity index (χ4v) is 3.09. The monoisotopic (exact) mass is 379 g/mol. The third-order valence-electron chi connectivity index (χ3n) is 3.93. The fourth-order valence-electron chi connectivity index (χ4n) is 2.34. The summed E-state index contributed by atoms with van der Waals surface area (Å²) < 4.78 is 26.3. The van der Waals surface area contributed by atoms with Gasteiger partial charge in [-0.05, 0) is 24.6 Å². The normalized spacial score (nSPS) is 11.6. The van der Waals surface area contributed by atoms with E-state index in [-0.39, 0.29) is 12.4 Å². The van der Waals surface area contributed by atoms with Crippen LogP contribution in [-0.4, -0.2) is 42.5 Å². The second kappa shape index (κ2) is 8.55. The fraction of sp³-hybridized carbons (Fsp3) is 0.500. The molecule has 0 amide bonds. The highest BCUT2D eigenvalue weighted by molar-refractivity contribution is 6.76. The molecule has 0 aliphatic heterocycles. The maximum atomic E-state index is 14.4. The van der Waals surface area contributed by atoms with E-state index in [0.29, 0.717) is 24.3 Å². The number of pyridine rings is 1. The van der Waals surface area contributed by atoms with Crippen LogP contribution in [0.15, 0.2) is 18.3 Å². The number of aryl methyl sites for hydroxylation is 1. The molecule has 8 heteroatoms. The maximum Gasteiger partial charge on any atom is 0.358 e. The summed E-state index contributed by atoms with van der Waals surface area (Å²) in [5.41, 5.74) is 1.68. The van der Waals surface area contributed by atoms with Crippen LogP contribution in [0.4, 0.5) is 4.39 Å². The van der Waals surface area contributed by atoms with Crippen LogP contribution in [0, 0.1) is 5.82 Å². The second-order valence-electron chi connectivity index (χ2n) is 7.26. The number of hydrogen-bond acceptors (Lipinski definition) is 5. The van der Waals surface area contributed by atoms with Gasteiger partial charge in [-0.15, -0.1) is 0 Å². The Morgan fingerprint density at radius 3 is 2.65 bits per heavy atom. The van der Waals surface area contributed by atoms with Crippen LogP contribution < -0.4 is 0 Å². The number of ether oxygens (including phenoxy) is 2. The number of rotatable bonds is 8. The van der Waals surface area contributed by atoms with E-state index < -0.39 is 19.9 Å². The minimum absolute atomic E-state index is 0.116. The summed E-state index contributed by atoms with van der Waals surface area (Å²) in [6.07, 6.45) is 1.87. The number of hydrogen-bond donors (Lipinski definition) is 0. The summed E-state index contributed by atoms with van der Waals surface area (Å²) in [6, 6.07) is 4.20. The Kier molecular flexibility index (Phi) is 6.66. The minimum Gasteiger partial charge on any atom is -0.464 e. The topological polar surface area (TPSA) is 66.2 Å². The minimum atomic E-state index is -1.21. The lowest BCUT2D eigenvalue weighted by Gasteiger charge is -2.16. The molecule has 0 bridgehead atoms. The van der Waals surface area contributed by atoms with E-state index in [1.54, 1.807) is 6.07 Å². The lowest BCUT2D eigenvalue weighted by Crippen LogP contribution is -2.22. The molecule has 2 rings (SSSR count). The number of carbonyl (C=O) groups excluding carboxylic acids is 1. The summed E-state index contributed by atoms with van der Waals surface area (Å²) in [6.45, 7) is 9.49. The lowest BCUT2D eigenvalue weighted by molar-refractivity contribution is 0.0583. The largest absolute Gasteiger partial charge is 0.464 e. The van der Waals surface area contributed by atoms with E-state index >= 15 is 0 Å². The van der Waals surface area contributed by atoms with Crippen molar-refractivity contribution < 1.29 is 18.7 Å². The van der Waals surface area contributed by atoms with Crippen molar-refractivity contribution in [2.24, 2.45) is 0 Å². The Labute approximate surface area is 154 Å². The molecule has 0 N–H and O–H groups in total. The third-order valence-corrected chi connectivity index (χ3v) is 5.64. The molecule has 142 valence electrons. The molecule has 0 radical (unpaired) electrons. The van der Waals surface area contributed by atoms with Gasteiger partial charge in [0.1, 0.15) is 6.73 Å². The van der Waals surface area contributed by atoms with Crippen LogP contribution in [0.5, 0.6) is 0 Å². The first-order chi connectivity index (χ1) is 12.2. The quantitative estimate of drug-likeness (QED) is 0.397. The van der Waals surface area contributed by atoms with Crippen LogP contribution in [0.2, 0.25) is 25.7 Å². The van der Waals surface area contributed by atoms with Crippen molar-refractivity contribution >= 4 is 14.0 Å². The smallest absolute Gasteiger partial charge is 0.358 e. The summed E-state index contributed by atoms with van der Waals surface area (Å²) in [7, 11) is 0.0756. The van der Waals surface area contributed by atoms with Gasteiger partial charge >= 0.3 is 5.97 Å². The number of esters is 1. The molecule has 2 aromatic heterocycles. The molecule has 0 aromatic carbocycles. The Morgan fingerprint density at radius 1 is 1.31 bits per heavy atom.